The Balaban J connectivity index is 1.68. The van der Waals surface area contributed by atoms with E-state index in [2.05, 4.69) is 6.07 Å². The lowest BCUT2D eigenvalue weighted by Crippen LogP contribution is -2.27. The summed E-state index contributed by atoms with van der Waals surface area (Å²) in [5.74, 6) is 1.37. The summed E-state index contributed by atoms with van der Waals surface area (Å²) in [4.78, 5) is 14.6. The quantitative estimate of drug-likeness (QED) is 0.312. The molecule has 1 fully saturated rings. The van der Waals surface area contributed by atoms with Crippen molar-refractivity contribution in [3.63, 3.8) is 0 Å². The van der Waals surface area contributed by atoms with Gasteiger partial charge in [-0.25, -0.2) is 0 Å². The van der Waals surface area contributed by atoms with Crippen molar-refractivity contribution in [2.24, 2.45) is 0 Å². The van der Waals surface area contributed by atoms with Crippen molar-refractivity contribution in [2.45, 2.75) is 20.8 Å². The average Bonchev–Trinajstić information content (AvgIpc) is 2.92. The molecule has 0 saturated carbocycles. The van der Waals surface area contributed by atoms with E-state index in [0.29, 0.717) is 39.8 Å². The minimum absolute atomic E-state index is 0.0911. The van der Waals surface area contributed by atoms with Crippen LogP contribution in [0, 0.1) is 13.8 Å². The summed E-state index contributed by atoms with van der Waals surface area (Å²) in [6.07, 6.45) is 1.78. The van der Waals surface area contributed by atoms with E-state index in [0.717, 1.165) is 22.4 Å². The van der Waals surface area contributed by atoms with Gasteiger partial charge in [-0.15, -0.1) is 0 Å². The predicted octanol–water partition coefficient (Wildman–Crippen LogP) is 5.64. The van der Waals surface area contributed by atoms with Crippen LogP contribution in [-0.4, -0.2) is 34.9 Å². The number of thiocarbonyl (C=S) groups is 1. The van der Waals surface area contributed by atoms with Crippen molar-refractivity contribution in [2.75, 3.05) is 19.8 Å². The standard InChI is InChI=1S/C22H22ClNO3S2/c1-4-24-21(25)20(29-22(24)28)13-16-12-17(23)5-6-19(16)27-8-7-26-18-10-14(2)9-15(3)11-18/h5-6,9-13H,4,7-8H2,1-3H3/b20-13-. The van der Waals surface area contributed by atoms with E-state index in [1.165, 1.54) is 11.8 Å². The molecule has 4 nitrogen and oxygen atoms in total. The summed E-state index contributed by atoms with van der Waals surface area (Å²) in [5, 5.41) is 0.570. The Morgan fingerprint density at radius 3 is 2.45 bits per heavy atom. The van der Waals surface area contributed by atoms with Gasteiger partial charge in [0.05, 0.1) is 4.91 Å². The molecule has 0 spiro atoms. The lowest BCUT2D eigenvalue weighted by atomic mass is 10.1. The smallest absolute Gasteiger partial charge is 0.266 e. The second-order valence-corrected chi connectivity index (χ2v) is 8.74. The molecule has 2 aromatic carbocycles. The number of benzene rings is 2. The van der Waals surface area contributed by atoms with E-state index < -0.39 is 0 Å². The van der Waals surface area contributed by atoms with E-state index >= 15 is 0 Å². The zero-order valence-corrected chi connectivity index (χ0v) is 18.9. The number of carbonyl (C=O) groups excluding carboxylic acids is 1. The number of hydrogen-bond acceptors (Lipinski definition) is 5. The molecule has 0 aliphatic carbocycles. The highest BCUT2D eigenvalue weighted by atomic mass is 35.5. The predicted molar refractivity (Wildman–Crippen MR) is 124 cm³/mol. The van der Waals surface area contributed by atoms with Gasteiger partial charge in [0.1, 0.15) is 29.0 Å². The fraction of sp³-hybridized carbons (Fsp3) is 0.273. The number of ether oxygens (including phenoxy) is 2. The third-order valence-electron chi connectivity index (χ3n) is 4.25. The highest BCUT2D eigenvalue weighted by Crippen LogP contribution is 2.34. The molecule has 1 heterocycles. The van der Waals surface area contributed by atoms with Crippen LogP contribution < -0.4 is 9.47 Å². The SMILES string of the molecule is CCN1C(=O)/C(=C/c2cc(Cl)ccc2OCCOc2cc(C)cc(C)c2)SC1=S. The summed E-state index contributed by atoms with van der Waals surface area (Å²) < 4.78 is 12.3. The van der Waals surface area contributed by atoms with Gasteiger partial charge in [0.15, 0.2) is 0 Å². The molecular formula is C22H22ClNO3S2. The van der Waals surface area contributed by atoms with Crippen molar-refractivity contribution in [3.8, 4) is 11.5 Å². The number of thioether (sulfide) groups is 1. The first-order valence-corrected chi connectivity index (χ1v) is 10.9. The van der Waals surface area contributed by atoms with Gasteiger partial charge in [0.2, 0.25) is 0 Å². The van der Waals surface area contributed by atoms with Crippen LogP contribution >= 0.6 is 35.6 Å². The van der Waals surface area contributed by atoms with Gasteiger partial charge in [0, 0.05) is 17.1 Å². The van der Waals surface area contributed by atoms with Crippen LogP contribution in [0.3, 0.4) is 0 Å². The van der Waals surface area contributed by atoms with Crippen LogP contribution in [0.25, 0.3) is 6.08 Å². The second kappa shape index (κ2) is 9.65. The van der Waals surface area contributed by atoms with Crippen molar-refractivity contribution in [1.29, 1.82) is 0 Å². The van der Waals surface area contributed by atoms with Gasteiger partial charge in [-0.05, 0) is 68.3 Å². The maximum absolute atomic E-state index is 12.5. The second-order valence-electron chi connectivity index (χ2n) is 6.63. The highest BCUT2D eigenvalue weighted by Gasteiger charge is 2.30. The third kappa shape index (κ3) is 5.53. The van der Waals surface area contributed by atoms with Crippen LogP contribution in [0.4, 0.5) is 0 Å². The molecule has 1 amide bonds. The Morgan fingerprint density at radius 1 is 1.10 bits per heavy atom. The molecule has 29 heavy (non-hydrogen) atoms. The Morgan fingerprint density at radius 2 is 1.79 bits per heavy atom. The number of nitrogens with zero attached hydrogens (tertiary/aromatic N) is 1. The normalized spacial score (nSPS) is 15.3. The summed E-state index contributed by atoms with van der Waals surface area (Å²) >= 11 is 12.7. The van der Waals surface area contributed by atoms with Crippen molar-refractivity contribution in [3.05, 3.63) is 63.0 Å². The van der Waals surface area contributed by atoms with Gasteiger partial charge < -0.3 is 9.47 Å². The number of halogens is 1. The van der Waals surface area contributed by atoms with Crippen molar-refractivity contribution >= 4 is 51.9 Å². The fourth-order valence-electron chi connectivity index (χ4n) is 3.00. The van der Waals surface area contributed by atoms with Gasteiger partial charge in [-0.2, -0.15) is 0 Å². The number of likely N-dealkylation sites (N-methyl/N-ethyl adjacent to an activating group) is 1. The highest BCUT2D eigenvalue weighted by molar-refractivity contribution is 8.26. The van der Waals surface area contributed by atoms with E-state index in [4.69, 9.17) is 33.3 Å². The van der Waals surface area contributed by atoms with Crippen LogP contribution in [-0.2, 0) is 4.79 Å². The zero-order chi connectivity index (χ0) is 21.0. The lowest BCUT2D eigenvalue weighted by Gasteiger charge is -2.12. The number of rotatable bonds is 7. The molecule has 0 N–H and O–H groups in total. The third-order valence-corrected chi connectivity index (χ3v) is 5.87. The Hall–Kier alpha value is -2.02. The molecule has 0 unspecified atom stereocenters. The molecule has 0 radical (unpaired) electrons. The number of amides is 1. The maximum atomic E-state index is 12.5. The summed E-state index contributed by atoms with van der Waals surface area (Å²) in [6, 6.07) is 11.4. The van der Waals surface area contributed by atoms with Crippen LogP contribution in [0.2, 0.25) is 5.02 Å². The Kier molecular flexibility index (Phi) is 7.22. The van der Waals surface area contributed by atoms with Gasteiger partial charge in [-0.1, -0.05) is 41.6 Å². The van der Waals surface area contributed by atoms with Crippen LogP contribution in [0.5, 0.6) is 11.5 Å². The van der Waals surface area contributed by atoms with E-state index in [-0.39, 0.29) is 5.91 Å². The first-order valence-electron chi connectivity index (χ1n) is 9.26. The molecule has 152 valence electrons. The molecule has 0 aromatic heterocycles. The maximum Gasteiger partial charge on any atom is 0.266 e. The molecular weight excluding hydrogens is 426 g/mol. The number of hydrogen-bond donors (Lipinski definition) is 0. The minimum Gasteiger partial charge on any atom is -0.490 e. The Bertz CT molecular complexity index is 954. The molecule has 0 atom stereocenters. The minimum atomic E-state index is -0.0911. The van der Waals surface area contributed by atoms with E-state index in [1.807, 2.05) is 32.9 Å². The summed E-state index contributed by atoms with van der Waals surface area (Å²) in [6.45, 7) is 7.30. The molecule has 7 heteroatoms. The molecule has 1 aliphatic rings. The van der Waals surface area contributed by atoms with Crippen LogP contribution in [0.1, 0.15) is 23.6 Å². The number of aryl methyl sites for hydroxylation is 2. The first-order chi connectivity index (χ1) is 13.9. The summed E-state index contributed by atoms with van der Waals surface area (Å²) in [5.41, 5.74) is 3.05. The molecule has 3 rings (SSSR count). The average molecular weight is 448 g/mol. The molecule has 1 aliphatic heterocycles. The lowest BCUT2D eigenvalue weighted by molar-refractivity contribution is -0.121. The van der Waals surface area contributed by atoms with Crippen LogP contribution in [0.15, 0.2) is 41.3 Å². The van der Waals surface area contributed by atoms with Gasteiger partial charge in [0.25, 0.3) is 5.91 Å². The fourth-order valence-corrected chi connectivity index (χ4v) is 4.56. The van der Waals surface area contributed by atoms with E-state index in [9.17, 15) is 4.79 Å². The van der Waals surface area contributed by atoms with Gasteiger partial charge >= 0.3 is 0 Å². The monoisotopic (exact) mass is 447 g/mol. The molecule has 0 bridgehead atoms. The van der Waals surface area contributed by atoms with Crippen molar-refractivity contribution in [1.82, 2.24) is 4.90 Å². The topological polar surface area (TPSA) is 38.8 Å². The molecule has 1 saturated heterocycles. The summed E-state index contributed by atoms with van der Waals surface area (Å²) in [7, 11) is 0. The largest absolute Gasteiger partial charge is 0.490 e. The Labute approximate surface area is 185 Å². The zero-order valence-electron chi connectivity index (χ0n) is 16.5. The number of carbonyl (C=O) groups is 1. The molecule has 2 aromatic rings. The van der Waals surface area contributed by atoms with Crippen molar-refractivity contribution < 1.29 is 14.3 Å². The first kappa shape index (κ1) is 21.7. The van der Waals surface area contributed by atoms with Gasteiger partial charge in [-0.3, -0.25) is 9.69 Å². The van der Waals surface area contributed by atoms with E-state index in [1.54, 1.807) is 29.2 Å².